The predicted molar refractivity (Wildman–Crippen MR) is 78.6 cm³/mol. The lowest BCUT2D eigenvalue weighted by molar-refractivity contribution is 0.0910. The van der Waals surface area contributed by atoms with Gasteiger partial charge in [0.25, 0.3) is 0 Å². The summed E-state index contributed by atoms with van der Waals surface area (Å²) < 4.78 is 0. The molecule has 2 unspecified atom stereocenters. The highest BCUT2D eigenvalue weighted by molar-refractivity contribution is 4.85. The third kappa shape index (κ3) is 3.27. The molecule has 2 aliphatic rings. The van der Waals surface area contributed by atoms with Crippen LogP contribution in [0.5, 0.6) is 0 Å². The van der Waals surface area contributed by atoms with E-state index < -0.39 is 0 Å². The predicted octanol–water partition coefficient (Wildman–Crippen LogP) is 3.41. The maximum Gasteiger partial charge on any atom is 0.00676 e. The molecule has 0 spiro atoms. The molecule has 0 aromatic carbocycles. The molecule has 2 heteroatoms. The van der Waals surface area contributed by atoms with Gasteiger partial charge in [-0.1, -0.05) is 33.1 Å². The van der Waals surface area contributed by atoms with Crippen LogP contribution in [0.2, 0.25) is 0 Å². The first-order valence-electron chi connectivity index (χ1n) is 8.17. The van der Waals surface area contributed by atoms with E-state index >= 15 is 0 Å². The van der Waals surface area contributed by atoms with Gasteiger partial charge in [0.05, 0.1) is 0 Å². The Kier molecular flexibility index (Phi) is 5.08. The quantitative estimate of drug-likeness (QED) is 0.812. The molecular formula is C16H32N2. The molecule has 18 heavy (non-hydrogen) atoms. The van der Waals surface area contributed by atoms with E-state index in [0.717, 1.165) is 5.92 Å². The number of rotatable bonds is 5. The molecule has 2 atom stereocenters. The number of hydrogen-bond acceptors (Lipinski definition) is 2. The van der Waals surface area contributed by atoms with Gasteiger partial charge in [-0.15, -0.1) is 0 Å². The molecule has 1 heterocycles. The Hall–Kier alpha value is -0.0800. The number of hydrogen-bond donors (Lipinski definition) is 1. The monoisotopic (exact) mass is 252 g/mol. The summed E-state index contributed by atoms with van der Waals surface area (Å²) in [4.78, 5) is 2.69. The Labute approximate surface area is 113 Å². The molecule has 0 radical (unpaired) electrons. The van der Waals surface area contributed by atoms with Crippen LogP contribution in [-0.2, 0) is 0 Å². The van der Waals surface area contributed by atoms with Crippen LogP contribution in [0.3, 0.4) is 0 Å². The molecule has 0 aromatic rings. The smallest absolute Gasteiger partial charge is 0.00676 e. The largest absolute Gasteiger partial charge is 0.327 e. The minimum atomic E-state index is 0.500. The normalized spacial score (nSPS) is 32.8. The third-order valence-corrected chi connectivity index (χ3v) is 5.95. The highest BCUT2D eigenvalue weighted by Gasteiger charge is 2.31. The van der Waals surface area contributed by atoms with Gasteiger partial charge in [0, 0.05) is 6.04 Å². The first-order chi connectivity index (χ1) is 8.69. The lowest BCUT2D eigenvalue weighted by atomic mass is 9.74. The van der Waals surface area contributed by atoms with Crippen LogP contribution in [0.25, 0.3) is 0 Å². The SMILES string of the molecule is CCC1(CC)CCN(CCC2CCCC2N)CC1. The van der Waals surface area contributed by atoms with Gasteiger partial charge in [0.15, 0.2) is 0 Å². The van der Waals surface area contributed by atoms with Crippen LogP contribution in [-0.4, -0.2) is 30.6 Å². The van der Waals surface area contributed by atoms with Gasteiger partial charge in [-0.25, -0.2) is 0 Å². The zero-order chi connectivity index (χ0) is 13.0. The van der Waals surface area contributed by atoms with Crippen molar-refractivity contribution in [3.05, 3.63) is 0 Å². The van der Waals surface area contributed by atoms with Crippen molar-refractivity contribution in [3.8, 4) is 0 Å². The summed E-state index contributed by atoms with van der Waals surface area (Å²) >= 11 is 0. The Morgan fingerprint density at radius 1 is 1.11 bits per heavy atom. The highest BCUT2D eigenvalue weighted by Crippen LogP contribution is 2.38. The van der Waals surface area contributed by atoms with Crippen molar-refractivity contribution < 1.29 is 0 Å². The minimum Gasteiger partial charge on any atom is -0.327 e. The summed E-state index contributed by atoms with van der Waals surface area (Å²) in [6, 6.07) is 0.500. The van der Waals surface area contributed by atoms with Crippen molar-refractivity contribution in [2.45, 2.75) is 71.3 Å². The maximum atomic E-state index is 6.16. The molecular weight excluding hydrogens is 220 g/mol. The first-order valence-corrected chi connectivity index (χ1v) is 8.17. The zero-order valence-electron chi connectivity index (χ0n) is 12.5. The molecule has 106 valence electrons. The molecule has 0 amide bonds. The van der Waals surface area contributed by atoms with Crippen LogP contribution in [0.4, 0.5) is 0 Å². The molecule has 0 aromatic heterocycles. The summed E-state index contributed by atoms with van der Waals surface area (Å²) in [6.07, 6.45) is 10.9. The summed E-state index contributed by atoms with van der Waals surface area (Å²) in [5, 5.41) is 0. The second-order valence-electron chi connectivity index (χ2n) is 6.69. The lowest BCUT2D eigenvalue weighted by Crippen LogP contribution is -2.41. The fraction of sp³-hybridized carbons (Fsp3) is 1.00. The topological polar surface area (TPSA) is 29.3 Å². The first kappa shape index (κ1) is 14.3. The summed E-state index contributed by atoms with van der Waals surface area (Å²) in [6.45, 7) is 8.68. The number of nitrogens with zero attached hydrogens (tertiary/aromatic N) is 1. The van der Waals surface area contributed by atoms with E-state index in [0.29, 0.717) is 11.5 Å². The minimum absolute atomic E-state index is 0.500. The summed E-state index contributed by atoms with van der Waals surface area (Å²) in [5.41, 5.74) is 6.83. The van der Waals surface area contributed by atoms with E-state index in [1.54, 1.807) is 0 Å². The number of nitrogens with two attached hydrogens (primary N) is 1. The second kappa shape index (κ2) is 6.38. The molecule has 1 saturated heterocycles. The Bertz CT molecular complexity index is 237. The van der Waals surface area contributed by atoms with Crippen molar-refractivity contribution in [1.29, 1.82) is 0 Å². The van der Waals surface area contributed by atoms with Crippen molar-refractivity contribution in [2.24, 2.45) is 17.1 Å². The lowest BCUT2D eigenvalue weighted by Gasteiger charge is -2.41. The van der Waals surface area contributed by atoms with Gasteiger partial charge in [-0.2, -0.15) is 0 Å². The van der Waals surface area contributed by atoms with Gasteiger partial charge in [0.2, 0.25) is 0 Å². The van der Waals surface area contributed by atoms with E-state index in [4.69, 9.17) is 5.73 Å². The molecule has 1 aliphatic heterocycles. The van der Waals surface area contributed by atoms with E-state index in [1.165, 1.54) is 71.0 Å². The van der Waals surface area contributed by atoms with Crippen LogP contribution in [0.1, 0.15) is 65.2 Å². The number of piperidine rings is 1. The van der Waals surface area contributed by atoms with Gasteiger partial charge < -0.3 is 10.6 Å². The Balaban J connectivity index is 1.70. The fourth-order valence-corrected chi connectivity index (χ4v) is 3.98. The van der Waals surface area contributed by atoms with Gasteiger partial charge in [-0.05, 0) is 63.1 Å². The number of likely N-dealkylation sites (tertiary alicyclic amines) is 1. The van der Waals surface area contributed by atoms with Gasteiger partial charge >= 0.3 is 0 Å². The Morgan fingerprint density at radius 2 is 1.78 bits per heavy atom. The third-order valence-electron chi connectivity index (χ3n) is 5.95. The summed E-state index contributed by atoms with van der Waals surface area (Å²) in [7, 11) is 0. The Morgan fingerprint density at radius 3 is 2.28 bits per heavy atom. The second-order valence-corrected chi connectivity index (χ2v) is 6.69. The fourth-order valence-electron chi connectivity index (χ4n) is 3.98. The molecule has 2 fully saturated rings. The molecule has 2 nitrogen and oxygen atoms in total. The standard InChI is InChI=1S/C16H32N2/c1-3-16(4-2)9-12-18(13-10-16)11-8-14-6-5-7-15(14)17/h14-15H,3-13,17H2,1-2H3. The van der Waals surface area contributed by atoms with Crippen LogP contribution in [0.15, 0.2) is 0 Å². The molecule has 0 bridgehead atoms. The van der Waals surface area contributed by atoms with Gasteiger partial charge in [-0.3, -0.25) is 0 Å². The highest BCUT2D eigenvalue weighted by atomic mass is 15.1. The summed E-state index contributed by atoms with van der Waals surface area (Å²) in [5.74, 6) is 0.814. The van der Waals surface area contributed by atoms with Crippen LogP contribution < -0.4 is 5.73 Å². The van der Waals surface area contributed by atoms with Crippen molar-refractivity contribution in [3.63, 3.8) is 0 Å². The van der Waals surface area contributed by atoms with E-state index in [1.807, 2.05) is 0 Å². The van der Waals surface area contributed by atoms with Crippen molar-refractivity contribution in [2.75, 3.05) is 19.6 Å². The van der Waals surface area contributed by atoms with Crippen molar-refractivity contribution in [1.82, 2.24) is 4.90 Å². The van der Waals surface area contributed by atoms with Crippen molar-refractivity contribution >= 4 is 0 Å². The average molecular weight is 252 g/mol. The van der Waals surface area contributed by atoms with E-state index in [-0.39, 0.29) is 0 Å². The maximum absolute atomic E-state index is 6.16. The van der Waals surface area contributed by atoms with Crippen LogP contribution >= 0.6 is 0 Å². The molecule has 2 rings (SSSR count). The molecule has 2 N–H and O–H groups in total. The zero-order valence-corrected chi connectivity index (χ0v) is 12.5. The van der Waals surface area contributed by atoms with Gasteiger partial charge in [0.1, 0.15) is 0 Å². The molecule has 1 aliphatic carbocycles. The molecule has 1 saturated carbocycles. The van der Waals surface area contributed by atoms with E-state index in [9.17, 15) is 0 Å². The van der Waals surface area contributed by atoms with E-state index in [2.05, 4.69) is 18.7 Å². The van der Waals surface area contributed by atoms with Crippen LogP contribution in [0, 0.1) is 11.3 Å². The average Bonchev–Trinajstić information content (AvgIpc) is 2.83.